The SMILES string of the molecule is CN(C)C(=O)CN=C(NCCc1c[nH]c2cc(F)ccc12)NC1CCOc2ccccc21.I. The molecule has 4 rings (SSSR count). The van der Waals surface area contributed by atoms with E-state index in [0.717, 1.165) is 40.6 Å². The first-order valence-corrected chi connectivity index (χ1v) is 10.7. The van der Waals surface area contributed by atoms with E-state index in [0.29, 0.717) is 19.1 Å². The Morgan fingerprint density at radius 3 is 2.91 bits per heavy atom. The van der Waals surface area contributed by atoms with Gasteiger partial charge in [-0.3, -0.25) is 4.79 Å². The lowest BCUT2D eigenvalue weighted by Gasteiger charge is -2.28. The molecule has 0 aliphatic carbocycles. The Bertz CT molecular complexity index is 1130. The van der Waals surface area contributed by atoms with Gasteiger partial charge in [-0.15, -0.1) is 24.0 Å². The van der Waals surface area contributed by atoms with Crippen LogP contribution in [0, 0.1) is 5.82 Å². The molecule has 1 atom stereocenters. The zero-order valence-corrected chi connectivity index (χ0v) is 21.1. The molecule has 2 aromatic carbocycles. The average Bonchev–Trinajstić information content (AvgIpc) is 3.19. The summed E-state index contributed by atoms with van der Waals surface area (Å²) < 4.78 is 19.2. The molecule has 0 fully saturated rings. The summed E-state index contributed by atoms with van der Waals surface area (Å²) in [6.07, 6.45) is 3.42. The Hall–Kier alpha value is -2.82. The minimum absolute atomic E-state index is 0. The molecule has 2 heterocycles. The fourth-order valence-corrected chi connectivity index (χ4v) is 3.78. The third kappa shape index (κ3) is 6.16. The van der Waals surface area contributed by atoms with Gasteiger partial charge < -0.3 is 25.3 Å². The van der Waals surface area contributed by atoms with Crippen LogP contribution in [0.25, 0.3) is 10.9 Å². The third-order valence-corrected chi connectivity index (χ3v) is 5.56. The van der Waals surface area contributed by atoms with E-state index >= 15 is 0 Å². The number of benzene rings is 2. The average molecular weight is 565 g/mol. The molecule has 1 aliphatic heterocycles. The van der Waals surface area contributed by atoms with Crippen LogP contribution in [0.1, 0.15) is 23.6 Å². The largest absolute Gasteiger partial charge is 0.493 e. The predicted molar refractivity (Wildman–Crippen MR) is 139 cm³/mol. The second-order valence-electron chi connectivity index (χ2n) is 8.01. The maximum atomic E-state index is 13.4. The fraction of sp³-hybridized carbons (Fsp3) is 0.333. The van der Waals surface area contributed by atoms with Gasteiger partial charge in [-0.1, -0.05) is 18.2 Å². The lowest BCUT2D eigenvalue weighted by molar-refractivity contribution is -0.127. The Labute approximate surface area is 209 Å². The second-order valence-corrected chi connectivity index (χ2v) is 8.01. The number of carbonyl (C=O) groups is 1. The number of nitrogens with one attached hydrogen (secondary N) is 3. The number of para-hydroxylation sites is 1. The molecule has 0 saturated carbocycles. The first-order chi connectivity index (χ1) is 15.5. The number of aromatic amines is 1. The molecule has 9 heteroatoms. The number of rotatable bonds is 6. The van der Waals surface area contributed by atoms with Crippen LogP contribution in [0.5, 0.6) is 5.75 Å². The van der Waals surface area contributed by atoms with E-state index in [1.54, 1.807) is 20.2 Å². The zero-order valence-electron chi connectivity index (χ0n) is 18.7. The molecule has 3 N–H and O–H groups in total. The number of fused-ring (bicyclic) bond motifs is 2. The Morgan fingerprint density at radius 2 is 2.09 bits per heavy atom. The smallest absolute Gasteiger partial charge is 0.243 e. The number of aliphatic imine (C=N–C) groups is 1. The van der Waals surface area contributed by atoms with Gasteiger partial charge in [0.05, 0.1) is 12.6 Å². The quantitative estimate of drug-likeness (QED) is 0.243. The number of hydrogen-bond acceptors (Lipinski definition) is 3. The fourth-order valence-electron chi connectivity index (χ4n) is 3.78. The van der Waals surface area contributed by atoms with Crippen molar-refractivity contribution in [2.24, 2.45) is 4.99 Å². The minimum atomic E-state index is -0.259. The summed E-state index contributed by atoms with van der Waals surface area (Å²) in [5, 5.41) is 7.81. The van der Waals surface area contributed by atoms with Crippen molar-refractivity contribution in [3.63, 3.8) is 0 Å². The van der Waals surface area contributed by atoms with Gasteiger partial charge in [-0.25, -0.2) is 9.38 Å². The molecular weight excluding hydrogens is 536 g/mol. The molecular formula is C24H29FIN5O2. The summed E-state index contributed by atoms with van der Waals surface area (Å²) in [5.74, 6) is 1.11. The minimum Gasteiger partial charge on any atom is -0.493 e. The van der Waals surface area contributed by atoms with Crippen molar-refractivity contribution >= 4 is 46.7 Å². The molecule has 1 aliphatic rings. The number of amides is 1. The molecule has 33 heavy (non-hydrogen) atoms. The van der Waals surface area contributed by atoms with E-state index in [9.17, 15) is 9.18 Å². The van der Waals surface area contributed by atoms with Crippen LogP contribution in [-0.2, 0) is 11.2 Å². The maximum absolute atomic E-state index is 13.4. The van der Waals surface area contributed by atoms with Crippen molar-refractivity contribution in [2.75, 3.05) is 33.8 Å². The molecule has 1 unspecified atom stereocenters. The molecule has 1 aromatic heterocycles. The number of likely N-dealkylation sites (N-methyl/N-ethyl adjacent to an activating group) is 1. The number of H-pyrrole nitrogens is 1. The topological polar surface area (TPSA) is 81.8 Å². The lowest BCUT2D eigenvalue weighted by Crippen LogP contribution is -2.42. The van der Waals surface area contributed by atoms with Crippen molar-refractivity contribution in [1.29, 1.82) is 0 Å². The van der Waals surface area contributed by atoms with E-state index in [1.807, 2.05) is 30.5 Å². The van der Waals surface area contributed by atoms with Gasteiger partial charge in [0.1, 0.15) is 18.1 Å². The van der Waals surface area contributed by atoms with Crippen LogP contribution in [0.2, 0.25) is 0 Å². The summed E-state index contributed by atoms with van der Waals surface area (Å²) in [6.45, 7) is 1.28. The summed E-state index contributed by atoms with van der Waals surface area (Å²) >= 11 is 0. The van der Waals surface area contributed by atoms with E-state index in [2.05, 4.69) is 20.6 Å². The molecule has 0 spiro atoms. The Kier molecular flexibility index (Phi) is 8.54. The van der Waals surface area contributed by atoms with Crippen molar-refractivity contribution in [1.82, 2.24) is 20.5 Å². The lowest BCUT2D eigenvalue weighted by atomic mass is 10.0. The van der Waals surface area contributed by atoms with Gasteiger partial charge in [0, 0.05) is 49.7 Å². The summed E-state index contributed by atoms with van der Waals surface area (Å²) in [7, 11) is 3.43. The summed E-state index contributed by atoms with van der Waals surface area (Å²) in [4.78, 5) is 21.2. The van der Waals surface area contributed by atoms with Crippen molar-refractivity contribution in [2.45, 2.75) is 18.9 Å². The highest BCUT2D eigenvalue weighted by molar-refractivity contribution is 14.0. The van der Waals surface area contributed by atoms with Crippen LogP contribution in [0.4, 0.5) is 4.39 Å². The van der Waals surface area contributed by atoms with Crippen molar-refractivity contribution in [3.05, 3.63) is 65.6 Å². The van der Waals surface area contributed by atoms with Gasteiger partial charge in [0.25, 0.3) is 0 Å². The van der Waals surface area contributed by atoms with E-state index < -0.39 is 0 Å². The Balaban J connectivity index is 0.00000306. The van der Waals surface area contributed by atoms with E-state index in [1.165, 1.54) is 17.0 Å². The van der Waals surface area contributed by atoms with Gasteiger partial charge in [-0.05, 0) is 36.2 Å². The van der Waals surface area contributed by atoms with Crippen LogP contribution >= 0.6 is 24.0 Å². The molecule has 7 nitrogen and oxygen atoms in total. The number of nitrogens with zero attached hydrogens (tertiary/aromatic N) is 2. The van der Waals surface area contributed by atoms with Gasteiger partial charge >= 0.3 is 0 Å². The first kappa shape index (κ1) is 24.8. The summed E-state index contributed by atoms with van der Waals surface area (Å²) in [6, 6.07) is 12.7. The Morgan fingerprint density at radius 1 is 1.27 bits per heavy atom. The number of hydrogen-bond donors (Lipinski definition) is 3. The standard InChI is InChI=1S/C24H28FN5O2.HI/c1-30(2)23(31)15-28-24(29-20-10-12-32-22-6-4-3-5-19(20)22)26-11-9-16-14-27-21-13-17(25)7-8-18(16)21;/h3-8,13-14,20,27H,9-12,15H2,1-2H3,(H2,26,28,29);1H. The molecule has 3 aromatic rings. The number of halogens is 2. The van der Waals surface area contributed by atoms with E-state index in [4.69, 9.17) is 4.74 Å². The van der Waals surface area contributed by atoms with Crippen LogP contribution in [0.15, 0.2) is 53.7 Å². The highest BCUT2D eigenvalue weighted by Crippen LogP contribution is 2.31. The number of guanidine groups is 1. The van der Waals surface area contributed by atoms with Gasteiger partial charge in [0.15, 0.2) is 5.96 Å². The predicted octanol–water partition coefficient (Wildman–Crippen LogP) is 3.61. The highest BCUT2D eigenvalue weighted by Gasteiger charge is 2.22. The number of carbonyl (C=O) groups excluding carboxylic acids is 1. The molecule has 0 saturated heterocycles. The number of aromatic nitrogens is 1. The molecule has 176 valence electrons. The van der Waals surface area contributed by atoms with Crippen LogP contribution in [0.3, 0.4) is 0 Å². The third-order valence-electron chi connectivity index (χ3n) is 5.56. The van der Waals surface area contributed by atoms with Gasteiger partial charge in [-0.2, -0.15) is 0 Å². The molecule has 1 amide bonds. The summed E-state index contributed by atoms with van der Waals surface area (Å²) in [5.41, 5.74) is 2.95. The number of ether oxygens (including phenoxy) is 1. The monoisotopic (exact) mass is 565 g/mol. The van der Waals surface area contributed by atoms with E-state index in [-0.39, 0.29) is 48.3 Å². The normalized spacial score (nSPS) is 15.2. The molecule has 0 bridgehead atoms. The van der Waals surface area contributed by atoms with Gasteiger partial charge in [0.2, 0.25) is 5.91 Å². The van der Waals surface area contributed by atoms with Crippen molar-refractivity contribution < 1.29 is 13.9 Å². The first-order valence-electron chi connectivity index (χ1n) is 10.7. The highest BCUT2D eigenvalue weighted by atomic mass is 127. The van der Waals surface area contributed by atoms with Crippen LogP contribution in [-0.4, -0.2) is 55.5 Å². The second kappa shape index (κ2) is 11.4. The maximum Gasteiger partial charge on any atom is 0.243 e. The van der Waals surface area contributed by atoms with Crippen molar-refractivity contribution in [3.8, 4) is 5.75 Å². The zero-order chi connectivity index (χ0) is 22.5. The van der Waals surface area contributed by atoms with Crippen LogP contribution < -0.4 is 15.4 Å². The molecule has 0 radical (unpaired) electrons.